The Morgan fingerprint density at radius 2 is 1.74 bits per heavy atom. The van der Waals surface area contributed by atoms with Gasteiger partial charge in [-0.15, -0.1) is 0 Å². The standard InChI is InChI=1S/C25H25N5O4/c31-21(18-6-8-19(9-7-18)34-15-17-10-12-26-13-11-17)23-27-20-22(28-23)29-25(33)30(24(20)32)14-16-4-2-1-3-5-16/h1-9,17,26H,10-15H2,(H,27,28)(H,29,33). The highest BCUT2D eigenvalue weighted by molar-refractivity contribution is 6.07. The number of carbonyl (C=O) groups excluding carboxylic acids is 1. The molecule has 2 aromatic heterocycles. The summed E-state index contributed by atoms with van der Waals surface area (Å²) in [5.74, 6) is 0.846. The van der Waals surface area contributed by atoms with E-state index >= 15 is 0 Å². The fourth-order valence-electron chi connectivity index (χ4n) is 4.13. The van der Waals surface area contributed by atoms with Crippen LogP contribution in [0.2, 0.25) is 0 Å². The van der Waals surface area contributed by atoms with Gasteiger partial charge in [0.15, 0.2) is 11.5 Å². The van der Waals surface area contributed by atoms with E-state index in [1.807, 2.05) is 30.3 Å². The predicted octanol–water partition coefficient (Wildman–Crippen LogP) is 2.07. The Hall–Kier alpha value is -3.98. The molecule has 2 aromatic carbocycles. The van der Waals surface area contributed by atoms with Gasteiger partial charge in [-0.2, -0.15) is 0 Å². The van der Waals surface area contributed by atoms with Gasteiger partial charge in [0.2, 0.25) is 5.78 Å². The molecule has 1 saturated heterocycles. The number of rotatable bonds is 7. The number of ether oxygens (including phenoxy) is 1. The minimum atomic E-state index is -0.581. The molecule has 174 valence electrons. The number of imidazole rings is 1. The number of nitrogens with zero attached hydrogens (tertiary/aromatic N) is 2. The van der Waals surface area contributed by atoms with Gasteiger partial charge in [0.05, 0.1) is 13.2 Å². The van der Waals surface area contributed by atoms with Crippen molar-refractivity contribution in [2.24, 2.45) is 5.92 Å². The highest BCUT2D eigenvalue weighted by atomic mass is 16.5. The molecule has 34 heavy (non-hydrogen) atoms. The summed E-state index contributed by atoms with van der Waals surface area (Å²) in [6, 6.07) is 16.0. The van der Waals surface area contributed by atoms with Crippen molar-refractivity contribution in [1.82, 2.24) is 24.8 Å². The van der Waals surface area contributed by atoms with Crippen LogP contribution in [0.3, 0.4) is 0 Å². The first kappa shape index (κ1) is 21.8. The molecule has 0 bridgehead atoms. The van der Waals surface area contributed by atoms with Crippen LogP contribution in [0.25, 0.3) is 11.2 Å². The number of H-pyrrole nitrogens is 2. The summed E-state index contributed by atoms with van der Waals surface area (Å²) in [6.45, 7) is 2.80. The van der Waals surface area contributed by atoms with E-state index in [0.717, 1.165) is 36.1 Å². The van der Waals surface area contributed by atoms with Crippen LogP contribution < -0.4 is 21.3 Å². The minimum absolute atomic E-state index is 0.0106. The molecule has 1 aliphatic heterocycles. The summed E-state index contributed by atoms with van der Waals surface area (Å²) in [7, 11) is 0. The van der Waals surface area contributed by atoms with Gasteiger partial charge in [-0.05, 0) is 61.7 Å². The highest BCUT2D eigenvalue weighted by Gasteiger charge is 2.19. The van der Waals surface area contributed by atoms with Crippen LogP contribution in [0.15, 0.2) is 64.2 Å². The minimum Gasteiger partial charge on any atom is -0.493 e. The lowest BCUT2D eigenvalue weighted by molar-refractivity contribution is 0.103. The third kappa shape index (κ3) is 4.55. The van der Waals surface area contributed by atoms with Crippen LogP contribution in [0.1, 0.15) is 34.6 Å². The number of ketones is 1. The van der Waals surface area contributed by atoms with E-state index in [1.54, 1.807) is 24.3 Å². The van der Waals surface area contributed by atoms with Crippen LogP contribution in [-0.2, 0) is 6.54 Å². The number of carbonyl (C=O) groups is 1. The van der Waals surface area contributed by atoms with E-state index in [1.165, 1.54) is 0 Å². The number of hydrogen-bond acceptors (Lipinski definition) is 6. The van der Waals surface area contributed by atoms with Gasteiger partial charge in [0, 0.05) is 5.56 Å². The van der Waals surface area contributed by atoms with E-state index in [2.05, 4.69) is 20.3 Å². The molecule has 0 radical (unpaired) electrons. The van der Waals surface area contributed by atoms with Crippen molar-refractivity contribution in [3.8, 4) is 5.75 Å². The Labute approximate surface area is 194 Å². The molecule has 0 atom stereocenters. The Morgan fingerprint density at radius 1 is 1.00 bits per heavy atom. The quantitative estimate of drug-likeness (QED) is 0.364. The molecule has 1 aliphatic rings. The summed E-state index contributed by atoms with van der Waals surface area (Å²) in [6.07, 6.45) is 2.19. The lowest BCUT2D eigenvalue weighted by Gasteiger charge is -2.22. The fraction of sp³-hybridized carbons (Fsp3) is 0.280. The Kier molecular flexibility index (Phi) is 6.09. The Balaban J connectivity index is 1.34. The second-order valence-corrected chi connectivity index (χ2v) is 8.47. The maximum atomic E-state index is 13.0. The summed E-state index contributed by atoms with van der Waals surface area (Å²) in [5, 5.41) is 3.34. The molecular weight excluding hydrogens is 434 g/mol. The monoisotopic (exact) mass is 459 g/mol. The van der Waals surface area contributed by atoms with Crippen LogP contribution in [0, 0.1) is 5.92 Å². The largest absolute Gasteiger partial charge is 0.493 e. The molecule has 0 spiro atoms. The second kappa shape index (κ2) is 9.48. The molecule has 3 N–H and O–H groups in total. The first-order chi connectivity index (χ1) is 16.6. The Bertz CT molecular complexity index is 1410. The summed E-state index contributed by atoms with van der Waals surface area (Å²) < 4.78 is 6.96. The van der Waals surface area contributed by atoms with Gasteiger partial charge in [0.25, 0.3) is 5.56 Å². The van der Waals surface area contributed by atoms with Crippen molar-refractivity contribution in [3.63, 3.8) is 0 Å². The third-order valence-electron chi connectivity index (χ3n) is 6.09. The second-order valence-electron chi connectivity index (χ2n) is 8.47. The maximum absolute atomic E-state index is 13.0. The average Bonchev–Trinajstić information content (AvgIpc) is 3.30. The molecule has 4 aromatic rings. The van der Waals surface area contributed by atoms with Crippen LogP contribution in [-0.4, -0.2) is 45.0 Å². The van der Waals surface area contributed by atoms with Crippen LogP contribution >= 0.6 is 0 Å². The first-order valence-corrected chi connectivity index (χ1v) is 11.3. The number of hydrogen-bond donors (Lipinski definition) is 3. The molecule has 0 amide bonds. The molecular formula is C25H25N5O4. The van der Waals surface area contributed by atoms with Gasteiger partial charge in [-0.3, -0.25) is 19.1 Å². The highest BCUT2D eigenvalue weighted by Crippen LogP contribution is 2.18. The lowest BCUT2D eigenvalue weighted by atomic mass is 9.99. The zero-order valence-corrected chi connectivity index (χ0v) is 18.5. The molecule has 0 unspecified atom stereocenters. The number of benzene rings is 2. The molecule has 9 nitrogen and oxygen atoms in total. The summed E-state index contributed by atoms with van der Waals surface area (Å²) in [4.78, 5) is 47.9. The smallest absolute Gasteiger partial charge is 0.330 e. The topological polar surface area (TPSA) is 122 Å². The van der Waals surface area contributed by atoms with E-state index < -0.39 is 11.2 Å². The van der Waals surface area contributed by atoms with Crippen molar-refractivity contribution in [1.29, 1.82) is 0 Å². The summed E-state index contributed by atoms with van der Waals surface area (Å²) in [5.41, 5.74) is 0.247. The third-order valence-corrected chi connectivity index (χ3v) is 6.09. The molecule has 0 aliphatic carbocycles. The molecule has 0 saturated carbocycles. The normalized spacial score (nSPS) is 14.4. The van der Waals surface area contributed by atoms with Gasteiger partial charge in [-0.1, -0.05) is 30.3 Å². The van der Waals surface area contributed by atoms with E-state index in [9.17, 15) is 14.4 Å². The van der Waals surface area contributed by atoms with Crippen molar-refractivity contribution < 1.29 is 9.53 Å². The van der Waals surface area contributed by atoms with Crippen LogP contribution in [0.5, 0.6) is 5.75 Å². The van der Waals surface area contributed by atoms with Gasteiger partial charge < -0.3 is 15.0 Å². The fourth-order valence-corrected chi connectivity index (χ4v) is 4.13. The van der Waals surface area contributed by atoms with Crippen molar-refractivity contribution in [2.75, 3.05) is 19.7 Å². The number of aromatic amines is 2. The van der Waals surface area contributed by atoms with Crippen molar-refractivity contribution in [2.45, 2.75) is 19.4 Å². The zero-order chi connectivity index (χ0) is 23.5. The molecule has 1 fully saturated rings. The van der Waals surface area contributed by atoms with E-state index in [0.29, 0.717) is 23.8 Å². The number of aromatic nitrogens is 4. The predicted molar refractivity (Wildman–Crippen MR) is 127 cm³/mol. The average molecular weight is 460 g/mol. The number of nitrogens with one attached hydrogen (secondary N) is 3. The summed E-state index contributed by atoms with van der Waals surface area (Å²) >= 11 is 0. The van der Waals surface area contributed by atoms with Crippen LogP contribution in [0.4, 0.5) is 0 Å². The molecule has 5 rings (SSSR count). The van der Waals surface area contributed by atoms with Gasteiger partial charge in [-0.25, -0.2) is 9.78 Å². The van der Waals surface area contributed by atoms with E-state index in [4.69, 9.17) is 4.74 Å². The van der Waals surface area contributed by atoms with Crippen molar-refractivity contribution >= 4 is 16.9 Å². The molecule has 9 heteroatoms. The van der Waals surface area contributed by atoms with Gasteiger partial charge >= 0.3 is 5.69 Å². The lowest BCUT2D eigenvalue weighted by Crippen LogP contribution is -2.35. The molecule has 3 heterocycles. The number of piperidine rings is 1. The SMILES string of the molecule is O=C(c1ccc(OCC2CCNCC2)cc1)c1nc2[nH]c(=O)n(Cc3ccccc3)c(=O)c2[nH]1. The maximum Gasteiger partial charge on any atom is 0.330 e. The Morgan fingerprint density at radius 3 is 2.47 bits per heavy atom. The van der Waals surface area contributed by atoms with E-state index in [-0.39, 0.29) is 29.3 Å². The van der Waals surface area contributed by atoms with Gasteiger partial charge in [0.1, 0.15) is 11.3 Å². The zero-order valence-electron chi connectivity index (χ0n) is 18.5. The first-order valence-electron chi connectivity index (χ1n) is 11.3. The number of fused-ring (bicyclic) bond motifs is 1. The van der Waals surface area contributed by atoms with Crippen molar-refractivity contribution in [3.05, 3.63) is 92.4 Å².